The van der Waals surface area contributed by atoms with E-state index in [0.29, 0.717) is 49.7 Å². The molecule has 0 aromatic heterocycles. The lowest BCUT2D eigenvalue weighted by Gasteiger charge is -2.25. The van der Waals surface area contributed by atoms with Crippen LogP contribution in [0.5, 0.6) is 0 Å². The first-order chi connectivity index (χ1) is 12.9. The largest absolute Gasteiger partial charge is 0.341 e. The van der Waals surface area contributed by atoms with Gasteiger partial charge in [-0.2, -0.15) is 0 Å². The summed E-state index contributed by atoms with van der Waals surface area (Å²) in [4.78, 5) is 43.1. The minimum atomic E-state index is -0.268. The number of nitrogens with zero attached hydrogens (tertiary/aromatic N) is 3. The Morgan fingerprint density at radius 3 is 2.48 bits per heavy atom. The molecule has 0 spiro atoms. The van der Waals surface area contributed by atoms with Crippen molar-refractivity contribution in [3.05, 3.63) is 34.9 Å². The molecule has 2 heterocycles. The van der Waals surface area contributed by atoms with Crippen molar-refractivity contribution in [3.63, 3.8) is 0 Å². The highest BCUT2D eigenvalue weighted by atomic mass is 35.5. The molecule has 1 aromatic carbocycles. The summed E-state index contributed by atoms with van der Waals surface area (Å²) in [5, 5.41) is 0.535. The van der Waals surface area contributed by atoms with Crippen LogP contribution in [0.15, 0.2) is 24.3 Å². The Morgan fingerprint density at radius 2 is 1.81 bits per heavy atom. The van der Waals surface area contributed by atoms with Gasteiger partial charge in [0.2, 0.25) is 11.8 Å². The van der Waals surface area contributed by atoms with Crippen LogP contribution in [0.1, 0.15) is 37.0 Å². The number of hydrogen-bond acceptors (Lipinski definition) is 3. The van der Waals surface area contributed by atoms with Gasteiger partial charge >= 0.3 is 0 Å². The van der Waals surface area contributed by atoms with Crippen LogP contribution in [-0.2, 0) is 9.59 Å². The fraction of sp³-hybridized carbons (Fsp3) is 0.550. The first kappa shape index (κ1) is 19.7. The van der Waals surface area contributed by atoms with Crippen molar-refractivity contribution in [1.82, 2.24) is 14.7 Å². The highest BCUT2D eigenvalue weighted by molar-refractivity contribution is 6.30. The third kappa shape index (κ3) is 4.43. The Labute approximate surface area is 165 Å². The highest BCUT2D eigenvalue weighted by Crippen LogP contribution is 2.23. The average molecular weight is 392 g/mol. The van der Waals surface area contributed by atoms with Crippen LogP contribution < -0.4 is 0 Å². The van der Waals surface area contributed by atoms with E-state index in [-0.39, 0.29) is 29.7 Å². The fourth-order valence-electron chi connectivity index (χ4n) is 3.80. The van der Waals surface area contributed by atoms with Crippen LogP contribution in [0.25, 0.3) is 0 Å². The fourth-order valence-corrected chi connectivity index (χ4v) is 3.99. The Bertz CT molecular complexity index is 737. The maximum Gasteiger partial charge on any atom is 0.253 e. The SMILES string of the molecule is CC(C)N1CC(C(=O)N2CCCN(C(=O)c3cccc(Cl)c3)CC2)CC1=O. The summed E-state index contributed by atoms with van der Waals surface area (Å²) in [7, 11) is 0. The lowest BCUT2D eigenvalue weighted by molar-refractivity contribution is -0.135. The van der Waals surface area contributed by atoms with Crippen molar-refractivity contribution in [2.24, 2.45) is 5.92 Å². The zero-order valence-corrected chi connectivity index (χ0v) is 16.6. The lowest BCUT2D eigenvalue weighted by atomic mass is 10.1. The average Bonchev–Trinajstić information content (AvgIpc) is 2.87. The van der Waals surface area contributed by atoms with Gasteiger partial charge in [0.15, 0.2) is 0 Å². The van der Waals surface area contributed by atoms with Gasteiger partial charge in [-0.05, 0) is 38.5 Å². The minimum Gasteiger partial charge on any atom is -0.341 e. The molecule has 0 saturated carbocycles. The second-order valence-corrected chi connectivity index (χ2v) is 7.96. The van der Waals surface area contributed by atoms with E-state index in [1.165, 1.54) is 0 Å². The molecule has 2 aliphatic heterocycles. The third-order valence-corrected chi connectivity index (χ3v) is 5.53. The summed E-state index contributed by atoms with van der Waals surface area (Å²) in [5.74, 6) is -0.247. The van der Waals surface area contributed by atoms with E-state index in [9.17, 15) is 14.4 Å². The number of carbonyl (C=O) groups is 3. The smallest absolute Gasteiger partial charge is 0.253 e. The molecule has 0 bridgehead atoms. The van der Waals surface area contributed by atoms with E-state index in [1.807, 2.05) is 18.7 Å². The normalized spacial score (nSPS) is 21.0. The lowest BCUT2D eigenvalue weighted by Crippen LogP contribution is -2.41. The quantitative estimate of drug-likeness (QED) is 0.794. The van der Waals surface area contributed by atoms with Crippen LogP contribution in [0.4, 0.5) is 0 Å². The molecule has 2 fully saturated rings. The zero-order valence-electron chi connectivity index (χ0n) is 15.9. The van der Waals surface area contributed by atoms with Crippen molar-refractivity contribution in [3.8, 4) is 0 Å². The molecule has 3 rings (SSSR count). The van der Waals surface area contributed by atoms with Gasteiger partial charge in [0.1, 0.15) is 0 Å². The summed E-state index contributed by atoms with van der Waals surface area (Å²) < 4.78 is 0. The predicted octanol–water partition coefficient (Wildman–Crippen LogP) is 2.27. The van der Waals surface area contributed by atoms with Gasteiger partial charge in [-0.15, -0.1) is 0 Å². The molecule has 7 heteroatoms. The summed E-state index contributed by atoms with van der Waals surface area (Å²) in [5.41, 5.74) is 0.566. The summed E-state index contributed by atoms with van der Waals surface area (Å²) >= 11 is 5.99. The summed E-state index contributed by atoms with van der Waals surface area (Å²) in [6.07, 6.45) is 1.02. The molecule has 6 nitrogen and oxygen atoms in total. The molecule has 0 N–H and O–H groups in total. The number of carbonyl (C=O) groups excluding carboxylic acids is 3. The number of rotatable bonds is 3. The predicted molar refractivity (Wildman–Crippen MR) is 104 cm³/mol. The van der Waals surface area contributed by atoms with Crippen LogP contribution in [0.2, 0.25) is 5.02 Å². The minimum absolute atomic E-state index is 0.0311. The van der Waals surface area contributed by atoms with E-state index >= 15 is 0 Å². The van der Waals surface area contributed by atoms with Crippen LogP contribution in [-0.4, -0.2) is 71.2 Å². The zero-order chi connectivity index (χ0) is 19.6. The molecule has 1 aromatic rings. The Kier molecular flexibility index (Phi) is 6.05. The maximum absolute atomic E-state index is 12.9. The van der Waals surface area contributed by atoms with E-state index in [2.05, 4.69) is 0 Å². The number of amides is 3. The van der Waals surface area contributed by atoms with E-state index < -0.39 is 0 Å². The molecular weight excluding hydrogens is 366 g/mol. The maximum atomic E-state index is 12.9. The van der Waals surface area contributed by atoms with Crippen LogP contribution in [0.3, 0.4) is 0 Å². The van der Waals surface area contributed by atoms with Gasteiger partial charge in [0, 0.05) is 55.8 Å². The van der Waals surface area contributed by atoms with Gasteiger partial charge in [-0.3, -0.25) is 14.4 Å². The molecule has 27 heavy (non-hydrogen) atoms. The van der Waals surface area contributed by atoms with Crippen molar-refractivity contribution < 1.29 is 14.4 Å². The summed E-state index contributed by atoms with van der Waals surface area (Å²) in [6, 6.07) is 7.05. The molecule has 3 amide bonds. The summed E-state index contributed by atoms with van der Waals surface area (Å²) in [6.45, 7) is 6.65. The molecule has 0 aliphatic carbocycles. The van der Waals surface area contributed by atoms with Crippen LogP contribution in [0, 0.1) is 5.92 Å². The van der Waals surface area contributed by atoms with Crippen molar-refractivity contribution in [2.75, 3.05) is 32.7 Å². The second-order valence-electron chi connectivity index (χ2n) is 7.52. The molecule has 0 radical (unpaired) electrons. The second kappa shape index (κ2) is 8.30. The highest BCUT2D eigenvalue weighted by Gasteiger charge is 2.37. The Balaban J connectivity index is 1.61. The van der Waals surface area contributed by atoms with Crippen molar-refractivity contribution in [2.45, 2.75) is 32.7 Å². The van der Waals surface area contributed by atoms with Gasteiger partial charge < -0.3 is 14.7 Å². The van der Waals surface area contributed by atoms with Crippen LogP contribution >= 0.6 is 11.6 Å². The van der Waals surface area contributed by atoms with E-state index in [4.69, 9.17) is 11.6 Å². The molecule has 1 unspecified atom stereocenters. The van der Waals surface area contributed by atoms with Gasteiger partial charge in [0.05, 0.1) is 5.92 Å². The first-order valence-corrected chi connectivity index (χ1v) is 9.87. The Morgan fingerprint density at radius 1 is 1.11 bits per heavy atom. The van der Waals surface area contributed by atoms with Crippen molar-refractivity contribution >= 4 is 29.3 Å². The molecular formula is C20H26ClN3O3. The van der Waals surface area contributed by atoms with E-state index in [0.717, 1.165) is 6.42 Å². The Hall–Kier alpha value is -2.08. The number of likely N-dealkylation sites (tertiary alicyclic amines) is 1. The third-order valence-electron chi connectivity index (χ3n) is 5.30. The van der Waals surface area contributed by atoms with Gasteiger partial charge in [-0.25, -0.2) is 0 Å². The molecule has 2 saturated heterocycles. The van der Waals surface area contributed by atoms with Crippen molar-refractivity contribution in [1.29, 1.82) is 0 Å². The number of benzene rings is 1. The van der Waals surface area contributed by atoms with Gasteiger partial charge in [0.25, 0.3) is 5.91 Å². The van der Waals surface area contributed by atoms with E-state index in [1.54, 1.807) is 34.1 Å². The topological polar surface area (TPSA) is 60.9 Å². The first-order valence-electron chi connectivity index (χ1n) is 9.50. The van der Waals surface area contributed by atoms with Gasteiger partial charge in [-0.1, -0.05) is 17.7 Å². The number of halogens is 1. The molecule has 146 valence electrons. The number of hydrogen-bond donors (Lipinski definition) is 0. The monoisotopic (exact) mass is 391 g/mol. The molecule has 1 atom stereocenters. The molecule has 2 aliphatic rings. The standard InChI is InChI=1S/C20H26ClN3O3/c1-14(2)24-13-16(12-18(24)25)20(27)23-8-4-7-22(9-10-23)19(26)15-5-3-6-17(21)11-15/h3,5-6,11,14,16H,4,7-10,12-13H2,1-2H3.